The zero-order valence-electron chi connectivity index (χ0n) is 23.5. The van der Waals surface area contributed by atoms with Crippen LogP contribution in [0.15, 0.2) is 78.9 Å². The van der Waals surface area contributed by atoms with Crippen LogP contribution in [0.4, 0.5) is 0 Å². The summed E-state index contributed by atoms with van der Waals surface area (Å²) in [7, 11) is 5.39. The van der Waals surface area contributed by atoms with Crippen LogP contribution in [0.5, 0.6) is 5.75 Å². The maximum Gasteiger partial charge on any atom is 0.308 e. The molecule has 0 radical (unpaired) electrons. The predicted octanol–water partition coefficient (Wildman–Crippen LogP) is 5.44. The van der Waals surface area contributed by atoms with E-state index in [0.717, 1.165) is 41.0 Å². The Morgan fingerprint density at radius 1 is 1.00 bits per heavy atom. The van der Waals surface area contributed by atoms with Gasteiger partial charge in [-0.05, 0) is 62.1 Å². The molecule has 6 heteroatoms. The molecule has 2 bridgehead atoms. The second kappa shape index (κ2) is 11.1. The third kappa shape index (κ3) is 4.86. The molecule has 3 saturated heterocycles. The zero-order valence-corrected chi connectivity index (χ0v) is 23.5. The highest BCUT2D eigenvalue weighted by Gasteiger charge is 2.58. The van der Waals surface area contributed by atoms with Gasteiger partial charge in [0.1, 0.15) is 5.75 Å². The molecule has 39 heavy (non-hydrogen) atoms. The number of carboxylic acids is 1. The van der Waals surface area contributed by atoms with Crippen molar-refractivity contribution in [1.82, 2.24) is 10.2 Å². The van der Waals surface area contributed by atoms with Crippen molar-refractivity contribution in [3.63, 3.8) is 0 Å². The maximum atomic E-state index is 13.2. The molecule has 3 aromatic rings. The number of ether oxygens (including phenoxy) is 2. The van der Waals surface area contributed by atoms with Crippen LogP contribution in [0, 0.1) is 11.8 Å². The molecule has 3 heterocycles. The minimum Gasteiger partial charge on any atom is -0.496 e. The smallest absolute Gasteiger partial charge is 0.308 e. The molecule has 0 spiro atoms. The van der Waals surface area contributed by atoms with Gasteiger partial charge in [-0.1, -0.05) is 66.7 Å². The molecule has 2 unspecified atom stereocenters. The average molecular weight is 529 g/mol. The van der Waals surface area contributed by atoms with Gasteiger partial charge in [0.15, 0.2) is 0 Å². The Morgan fingerprint density at radius 3 is 2.13 bits per heavy atom. The molecule has 3 aliphatic heterocycles. The van der Waals surface area contributed by atoms with E-state index in [2.05, 4.69) is 40.5 Å². The molecule has 0 aromatic heterocycles. The van der Waals surface area contributed by atoms with E-state index in [-0.39, 0.29) is 30.0 Å². The van der Waals surface area contributed by atoms with Crippen LogP contribution >= 0.6 is 0 Å². The topological polar surface area (TPSA) is 71.0 Å². The third-order valence-corrected chi connectivity index (χ3v) is 9.13. The summed E-state index contributed by atoms with van der Waals surface area (Å²) >= 11 is 0. The van der Waals surface area contributed by atoms with Crippen molar-refractivity contribution in [2.24, 2.45) is 11.8 Å². The molecule has 0 saturated carbocycles. The van der Waals surface area contributed by atoms with Gasteiger partial charge in [-0.3, -0.25) is 9.69 Å². The van der Waals surface area contributed by atoms with Gasteiger partial charge in [0.25, 0.3) is 0 Å². The average Bonchev–Trinajstić information content (AvgIpc) is 2.97. The molecule has 3 fully saturated rings. The number of aliphatic carboxylic acids is 1. The molecule has 6 atom stereocenters. The molecular weight excluding hydrogens is 488 g/mol. The van der Waals surface area contributed by atoms with Crippen molar-refractivity contribution in [2.45, 2.75) is 49.9 Å². The predicted molar refractivity (Wildman–Crippen MR) is 153 cm³/mol. The van der Waals surface area contributed by atoms with Crippen LogP contribution < -0.4 is 10.1 Å². The number of fused-ring (bicyclic) bond motifs is 3. The Kier molecular flexibility index (Phi) is 7.81. The third-order valence-electron chi connectivity index (χ3n) is 9.13. The van der Waals surface area contributed by atoms with Crippen LogP contribution in [0.1, 0.15) is 54.4 Å². The Hall–Kier alpha value is -3.19. The summed E-state index contributed by atoms with van der Waals surface area (Å²) in [5.41, 5.74) is 3.88. The highest BCUT2D eigenvalue weighted by Crippen LogP contribution is 2.54. The molecule has 206 valence electrons. The number of hydrogen-bond donors (Lipinski definition) is 2. The molecular formula is C33H40N2O4. The van der Waals surface area contributed by atoms with Gasteiger partial charge in [-0.15, -0.1) is 0 Å². The summed E-state index contributed by atoms with van der Waals surface area (Å²) in [6.07, 6.45) is 0.766. The first-order valence-electron chi connectivity index (χ1n) is 13.8. The maximum absolute atomic E-state index is 13.2. The van der Waals surface area contributed by atoms with Crippen molar-refractivity contribution in [1.29, 1.82) is 0 Å². The normalized spacial score (nSPS) is 26.5. The van der Waals surface area contributed by atoms with E-state index in [1.807, 2.05) is 69.4 Å². The van der Waals surface area contributed by atoms with E-state index in [9.17, 15) is 9.90 Å². The van der Waals surface area contributed by atoms with Gasteiger partial charge in [0.05, 0.1) is 24.8 Å². The highest BCUT2D eigenvalue weighted by atomic mass is 16.5. The van der Waals surface area contributed by atoms with Crippen LogP contribution in [-0.2, 0) is 15.1 Å². The Bertz CT molecular complexity index is 1240. The fourth-order valence-corrected chi connectivity index (χ4v) is 7.12. The summed E-state index contributed by atoms with van der Waals surface area (Å²) in [4.78, 5) is 15.6. The van der Waals surface area contributed by atoms with E-state index in [1.54, 1.807) is 14.2 Å². The van der Waals surface area contributed by atoms with Crippen molar-refractivity contribution < 1.29 is 19.4 Å². The molecule has 3 aromatic carbocycles. The van der Waals surface area contributed by atoms with E-state index < -0.39 is 17.5 Å². The lowest BCUT2D eigenvalue weighted by molar-refractivity contribution is -0.161. The van der Waals surface area contributed by atoms with Gasteiger partial charge in [-0.2, -0.15) is 0 Å². The van der Waals surface area contributed by atoms with Crippen molar-refractivity contribution in [3.05, 3.63) is 101 Å². The largest absolute Gasteiger partial charge is 0.496 e. The lowest BCUT2D eigenvalue weighted by Crippen LogP contribution is -2.69. The van der Waals surface area contributed by atoms with Gasteiger partial charge >= 0.3 is 5.97 Å². The number of carbonyl (C=O) groups is 1. The first-order valence-corrected chi connectivity index (χ1v) is 13.8. The SMILES string of the molecule is CNC1[C@@H](c2cc(C(C)(C)OC)ccc2OC)[C@@H]2CCN1[C@@H](C(c1ccccc1)c1ccccc1)[C@H]2C(=O)O. The van der Waals surface area contributed by atoms with Crippen molar-refractivity contribution in [3.8, 4) is 5.75 Å². The van der Waals surface area contributed by atoms with Crippen LogP contribution in [0.2, 0.25) is 0 Å². The monoisotopic (exact) mass is 528 g/mol. The number of hydrogen-bond acceptors (Lipinski definition) is 5. The van der Waals surface area contributed by atoms with Gasteiger partial charge < -0.3 is 19.9 Å². The highest BCUT2D eigenvalue weighted by molar-refractivity contribution is 5.73. The summed E-state index contributed by atoms with van der Waals surface area (Å²) in [5.74, 6) is -0.710. The molecule has 2 N–H and O–H groups in total. The standard InChI is InChI=1S/C33H40N2O4/c1-33(2,39-5)23-16-17-26(38-4)25(20-23)28-24-18-19-35(31(28)34-3)30(29(24)32(36)37)27(21-12-8-6-9-13-21)22-14-10-7-11-15-22/h6-17,20,24,27-31,34H,18-19H2,1-5H3,(H,36,37)/t24-,28+,29-,30-,31?/m0/s1. The number of piperidine rings is 3. The summed E-state index contributed by atoms with van der Waals surface area (Å²) in [6, 6.07) is 26.7. The number of benzene rings is 3. The number of nitrogens with zero attached hydrogens (tertiary/aromatic N) is 1. The molecule has 0 aliphatic carbocycles. The van der Waals surface area contributed by atoms with Gasteiger partial charge in [-0.25, -0.2) is 0 Å². The minimum atomic E-state index is -0.738. The minimum absolute atomic E-state index is 0.0471. The second-order valence-corrected chi connectivity index (χ2v) is 11.3. The molecule has 3 aliphatic rings. The van der Waals surface area contributed by atoms with E-state index in [0.29, 0.717) is 0 Å². The number of rotatable bonds is 9. The summed E-state index contributed by atoms with van der Waals surface area (Å²) in [6.45, 7) is 4.93. The zero-order chi connectivity index (χ0) is 27.7. The van der Waals surface area contributed by atoms with Crippen LogP contribution in [0.3, 0.4) is 0 Å². The molecule has 6 rings (SSSR count). The van der Waals surface area contributed by atoms with E-state index >= 15 is 0 Å². The lowest BCUT2D eigenvalue weighted by Gasteiger charge is -2.59. The summed E-state index contributed by atoms with van der Waals surface area (Å²) < 4.78 is 11.7. The van der Waals surface area contributed by atoms with Crippen LogP contribution in [-0.4, -0.2) is 56.0 Å². The van der Waals surface area contributed by atoms with Crippen LogP contribution in [0.25, 0.3) is 0 Å². The molecule has 0 amide bonds. The summed E-state index contributed by atoms with van der Waals surface area (Å²) in [5, 5.41) is 14.4. The quantitative estimate of drug-likeness (QED) is 0.385. The van der Waals surface area contributed by atoms with Crippen molar-refractivity contribution in [2.75, 3.05) is 27.8 Å². The fourth-order valence-electron chi connectivity index (χ4n) is 7.12. The Balaban J connectivity index is 1.66. The fraction of sp³-hybridized carbons (Fsp3) is 0.424. The number of likely N-dealkylation sites (N-methyl/N-ethyl adjacent to an activating group) is 1. The van der Waals surface area contributed by atoms with Gasteiger partial charge in [0, 0.05) is 37.1 Å². The first-order chi connectivity index (χ1) is 18.8. The first kappa shape index (κ1) is 27.4. The Labute approximate surface area is 232 Å². The number of carboxylic acid groups (broad SMARTS) is 1. The molecule has 6 nitrogen and oxygen atoms in total. The lowest BCUT2D eigenvalue weighted by atomic mass is 9.60. The second-order valence-electron chi connectivity index (χ2n) is 11.3. The van der Waals surface area contributed by atoms with E-state index in [4.69, 9.17) is 9.47 Å². The van der Waals surface area contributed by atoms with E-state index in [1.165, 1.54) is 0 Å². The Morgan fingerprint density at radius 2 is 1.62 bits per heavy atom. The van der Waals surface area contributed by atoms with Crippen molar-refractivity contribution >= 4 is 5.97 Å². The van der Waals surface area contributed by atoms with Gasteiger partial charge in [0.2, 0.25) is 0 Å². The number of methoxy groups -OCH3 is 2. The number of nitrogens with one attached hydrogen (secondary N) is 1.